The van der Waals surface area contributed by atoms with Crippen molar-refractivity contribution in [2.75, 3.05) is 38.2 Å². The molecule has 4 aromatic rings. The molecule has 1 N–H and O–H groups in total. The first-order valence-corrected chi connectivity index (χ1v) is 21.9. The average Bonchev–Trinajstić information content (AvgIpc) is 3.25. The number of ether oxygens (including phenoxy) is 2. The summed E-state index contributed by atoms with van der Waals surface area (Å²) in [5.41, 5.74) is -0.0104. The quantitative estimate of drug-likeness (QED) is 0.0810. The maximum Gasteiger partial charge on any atom is 0.416 e. The number of rotatable bonds is 13. The second-order valence-corrected chi connectivity index (χ2v) is 15.7. The lowest BCUT2D eigenvalue weighted by Gasteiger charge is -2.35. The van der Waals surface area contributed by atoms with Gasteiger partial charge in [0.25, 0.3) is 0 Å². The summed E-state index contributed by atoms with van der Waals surface area (Å²) in [6.45, 7) is 4.59. The van der Waals surface area contributed by atoms with Crippen LogP contribution in [0.1, 0.15) is 90.1 Å². The Bertz CT molecular complexity index is 1960. The molecule has 0 spiro atoms. The van der Waals surface area contributed by atoms with Crippen LogP contribution in [0.25, 0.3) is 0 Å². The van der Waals surface area contributed by atoms with Crippen molar-refractivity contribution in [3.05, 3.63) is 129 Å². The van der Waals surface area contributed by atoms with Crippen molar-refractivity contribution in [3.63, 3.8) is 0 Å². The zero-order chi connectivity index (χ0) is 45.5. The summed E-state index contributed by atoms with van der Waals surface area (Å²) < 4.78 is 86.1. The number of benzene rings is 4. The highest BCUT2D eigenvalue weighted by molar-refractivity contribution is 9.09. The van der Waals surface area contributed by atoms with Gasteiger partial charge in [-0.05, 0) is 149 Å². The molecule has 2 unspecified atom stereocenters. The summed E-state index contributed by atoms with van der Waals surface area (Å²) in [5.74, 6) is 1.03. The van der Waals surface area contributed by atoms with Gasteiger partial charge in [-0.3, -0.25) is 14.5 Å². The van der Waals surface area contributed by atoms with Gasteiger partial charge >= 0.3 is 12.4 Å². The van der Waals surface area contributed by atoms with E-state index in [9.17, 15) is 35.9 Å². The van der Waals surface area contributed by atoms with Crippen molar-refractivity contribution in [2.24, 2.45) is 0 Å². The number of piperidine rings is 2. The van der Waals surface area contributed by atoms with Gasteiger partial charge in [-0.25, -0.2) is 0 Å². The molecule has 4 aromatic carbocycles. The monoisotopic (exact) mass is 971 g/mol. The SMILES string of the molecule is CC#N.FC(F)(F)c1ccc(OCCC2CCCCN2)cc1.O=C(CBr)c1ccc(Cl)cc1.O=C(CN1CCCCC1CCOc1ccc(C(F)(F)F)cc1)c1ccc(Cl)cc1. The van der Waals surface area contributed by atoms with E-state index < -0.39 is 23.5 Å². The van der Waals surface area contributed by atoms with Crippen LogP contribution in [-0.2, 0) is 12.4 Å². The number of nitrogens with zero attached hydrogens (tertiary/aromatic N) is 2. The van der Waals surface area contributed by atoms with E-state index in [1.807, 2.05) is 0 Å². The van der Waals surface area contributed by atoms with Crippen LogP contribution in [0.3, 0.4) is 0 Å². The highest BCUT2D eigenvalue weighted by Crippen LogP contribution is 2.31. The number of hydrogen-bond acceptors (Lipinski definition) is 7. The Hall–Kier alpha value is -4.13. The van der Waals surface area contributed by atoms with Crippen molar-refractivity contribution in [3.8, 4) is 17.6 Å². The lowest BCUT2D eigenvalue weighted by molar-refractivity contribution is -0.138. The van der Waals surface area contributed by atoms with E-state index in [-0.39, 0.29) is 17.6 Å². The summed E-state index contributed by atoms with van der Waals surface area (Å²) in [6, 6.07) is 25.7. The molecule has 62 heavy (non-hydrogen) atoms. The second-order valence-electron chi connectivity index (χ2n) is 14.3. The molecule has 7 nitrogen and oxygen atoms in total. The summed E-state index contributed by atoms with van der Waals surface area (Å²) in [7, 11) is 0. The van der Waals surface area contributed by atoms with Crippen LogP contribution >= 0.6 is 39.1 Å². The molecule has 2 aliphatic rings. The molecule has 6 rings (SSSR count). The Balaban J connectivity index is 0.000000265. The van der Waals surface area contributed by atoms with Crippen LogP contribution in [-0.4, -0.2) is 66.7 Å². The second kappa shape index (κ2) is 27.1. The van der Waals surface area contributed by atoms with Crippen LogP contribution in [0.5, 0.6) is 11.5 Å². The molecule has 0 saturated carbocycles. The molecule has 16 heteroatoms. The van der Waals surface area contributed by atoms with Gasteiger partial charge in [-0.1, -0.05) is 52.0 Å². The van der Waals surface area contributed by atoms with Gasteiger partial charge in [0.05, 0.1) is 42.3 Å². The number of hydrogen-bond donors (Lipinski definition) is 1. The van der Waals surface area contributed by atoms with Gasteiger partial charge in [0.1, 0.15) is 11.5 Å². The first kappa shape index (κ1) is 52.2. The highest BCUT2D eigenvalue weighted by atomic mass is 79.9. The molecule has 0 radical (unpaired) electrons. The Morgan fingerprint density at radius 2 is 1.16 bits per heavy atom. The minimum atomic E-state index is -4.35. The molecule has 2 atom stereocenters. The molecular weight excluding hydrogens is 923 g/mol. The highest BCUT2D eigenvalue weighted by Gasteiger charge is 2.31. The van der Waals surface area contributed by atoms with Gasteiger partial charge < -0.3 is 14.8 Å². The van der Waals surface area contributed by atoms with E-state index in [2.05, 4.69) is 26.1 Å². The molecule has 2 fully saturated rings. The van der Waals surface area contributed by atoms with Crippen molar-refractivity contribution in [1.29, 1.82) is 5.26 Å². The van der Waals surface area contributed by atoms with Crippen molar-refractivity contribution >= 4 is 50.7 Å². The lowest BCUT2D eigenvalue weighted by atomic mass is 9.98. The molecule has 0 bridgehead atoms. The van der Waals surface area contributed by atoms with Gasteiger partial charge in [0.2, 0.25) is 0 Å². The normalized spacial score (nSPS) is 16.4. The predicted molar refractivity (Wildman–Crippen MR) is 235 cm³/mol. The third-order valence-electron chi connectivity index (χ3n) is 9.78. The van der Waals surface area contributed by atoms with Gasteiger partial charge in [-0.15, -0.1) is 0 Å². The van der Waals surface area contributed by atoms with Crippen LogP contribution in [0.2, 0.25) is 10.0 Å². The number of Topliss-reactive ketones (excluding diaryl/α,β-unsaturated/α-hetero) is 2. The first-order chi connectivity index (χ1) is 29.5. The minimum Gasteiger partial charge on any atom is -0.494 e. The van der Waals surface area contributed by atoms with Gasteiger partial charge in [0.15, 0.2) is 11.6 Å². The predicted octanol–water partition coefficient (Wildman–Crippen LogP) is 12.9. The maximum atomic E-state index is 12.6. The Morgan fingerprint density at radius 3 is 1.60 bits per heavy atom. The standard InChI is InChI=1S/C22H23ClF3NO2.C14H18F3NO.C8H6BrClO.C2H3N/c23-18-8-4-16(5-9-18)21(28)15-27-13-2-1-3-19(27)12-14-29-20-10-6-17(7-11-20)22(24,25)26;15-14(16,17)11-4-6-13(7-5-11)19-10-8-12-3-1-2-9-18-12;9-5-8(11)6-1-3-7(10)4-2-6;1-2-3/h4-11,19H,1-3,12-15H2;4-7,12,18H,1-3,8-10H2;1-4H,5H2;1H3. The van der Waals surface area contributed by atoms with Crippen molar-refractivity contribution < 1.29 is 45.4 Å². The first-order valence-electron chi connectivity index (χ1n) is 20.1. The number of nitriles is 1. The summed E-state index contributed by atoms with van der Waals surface area (Å²) in [6.07, 6.45) is -0.312. The van der Waals surface area contributed by atoms with Crippen LogP contribution in [0, 0.1) is 11.3 Å². The van der Waals surface area contributed by atoms with E-state index in [0.29, 0.717) is 63.8 Å². The number of nitrogens with one attached hydrogen (secondary N) is 1. The average molecular weight is 974 g/mol. The summed E-state index contributed by atoms with van der Waals surface area (Å²) >= 11 is 14.6. The Kier molecular flexibility index (Phi) is 22.9. The zero-order valence-corrected chi connectivity index (χ0v) is 37.3. The topological polar surface area (TPSA) is 91.7 Å². The third kappa shape index (κ3) is 19.5. The van der Waals surface area contributed by atoms with Crippen LogP contribution in [0.4, 0.5) is 26.3 Å². The fraction of sp³-hybridized carbons (Fsp3) is 0.413. The fourth-order valence-corrected chi connectivity index (χ4v) is 7.08. The van der Waals surface area contributed by atoms with Crippen LogP contribution < -0.4 is 14.8 Å². The van der Waals surface area contributed by atoms with Crippen molar-refractivity contribution in [2.45, 2.75) is 82.7 Å². The Labute approximate surface area is 377 Å². The molecule has 2 heterocycles. The van der Waals surface area contributed by atoms with E-state index in [0.717, 1.165) is 75.9 Å². The number of ketones is 2. The number of carbonyl (C=O) groups excluding carboxylic acids is 2. The smallest absolute Gasteiger partial charge is 0.416 e. The number of halogens is 9. The zero-order valence-electron chi connectivity index (χ0n) is 34.2. The number of likely N-dealkylation sites (tertiary alicyclic amines) is 1. The molecule has 336 valence electrons. The molecule has 2 saturated heterocycles. The molecule has 0 aromatic heterocycles. The largest absolute Gasteiger partial charge is 0.494 e. The molecular formula is C46H50BrCl2F6N3O4. The Morgan fingerprint density at radius 1 is 0.710 bits per heavy atom. The maximum absolute atomic E-state index is 12.6. The molecule has 0 aliphatic carbocycles. The van der Waals surface area contributed by atoms with E-state index in [1.54, 1.807) is 54.6 Å². The molecule has 2 aliphatic heterocycles. The van der Waals surface area contributed by atoms with Crippen LogP contribution in [0.15, 0.2) is 97.1 Å². The third-order valence-corrected chi connectivity index (χ3v) is 10.8. The number of carbonyl (C=O) groups is 2. The van der Waals surface area contributed by atoms with Gasteiger partial charge in [-0.2, -0.15) is 31.6 Å². The van der Waals surface area contributed by atoms with Crippen molar-refractivity contribution in [1.82, 2.24) is 10.2 Å². The number of alkyl halides is 7. The summed E-state index contributed by atoms with van der Waals surface area (Å²) in [5, 5.41) is 12.3. The van der Waals surface area contributed by atoms with E-state index in [1.165, 1.54) is 44.0 Å². The minimum absolute atomic E-state index is 0.0530. The summed E-state index contributed by atoms with van der Waals surface area (Å²) in [4.78, 5) is 25.8. The van der Waals surface area contributed by atoms with E-state index >= 15 is 0 Å². The van der Waals surface area contributed by atoms with Gasteiger partial charge in [0, 0.05) is 40.2 Å². The van der Waals surface area contributed by atoms with E-state index in [4.69, 9.17) is 37.9 Å². The molecule has 0 amide bonds. The fourth-order valence-electron chi connectivity index (χ4n) is 6.50. The lowest BCUT2D eigenvalue weighted by Crippen LogP contribution is -2.43.